The maximum absolute atomic E-state index is 12.4. The Hall–Kier alpha value is -2.95. The van der Waals surface area contributed by atoms with E-state index in [-0.39, 0.29) is 5.91 Å². The van der Waals surface area contributed by atoms with Crippen LogP contribution in [0.2, 0.25) is 0 Å². The van der Waals surface area contributed by atoms with Gasteiger partial charge in [0.05, 0.1) is 17.0 Å². The molecule has 0 unspecified atom stereocenters. The van der Waals surface area contributed by atoms with Crippen molar-refractivity contribution in [3.8, 4) is 11.3 Å². The van der Waals surface area contributed by atoms with Crippen LogP contribution in [0, 0.1) is 13.8 Å². The van der Waals surface area contributed by atoms with Gasteiger partial charge in [-0.15, -0.1) is 0 Å². The van der Waals surface area contributed by atoms with E-state index in [1.165, 1.54) is 0 Å². The van der Waals surface area contributed by atoms with Gasteiger partial charge >= 0.3 is 0 Å². The van der Waals surface area contributed by atoms with E-state index in [4.69, 9.17) is 0 Å². The maximum atomic E-state index is 12.4. The van der Waals surface area contributed by atoms with E-state index in [0.29, 0.717) is 5.56 Å². The fourth-order valence-electron chi connectivity index (χ4n) is 2.31. The van der Waals surface area contributed by atoms with Crippen LogP contribution in [0.5, 0.6) is 0 Å². The molecule has 3 aromatic rings. The number of aromatic amines is 1. The van der Waals surface area contributed by atoms with Crippen LogP contribution in [0.3, 0.4) is 0 Å². The first-order valence-corrected chi connectivity index (χ1v) is 6.99. The first-order chi connectivity index (χ1) is 10.6. The topological polar surface area (TPSA) is 70.7 Å². The predicted octanol–water partition coefficient (Wildman–Crippen LogP) is 3.34. The molecule has 1 aromatic carbocycles. The number of aromatic nitrogens is 3. The van der Waals surface area contributed by atoms with Gasteiger partial charge < -0.3 is 5.32 Å². The van der Waals surface area contributed by atoms with Crippen LogP contribution in [-0.4, -0.2) is 21.1 Å². The lowest BCUT2D eigenvalue weighted by Gasteiger charge is -2.09. The Morgan fingerprint density at radius 3 is 2.73 bits per heavy atom. The molecule has 2 N–H and O–H groups in total. The van der Waals surface area contributed by atoms with Crippen molar-refractivity contribution in [1.82, 2.24) is 15.2 Å². The van der Waals surface area contributed by atoms with Crippen LogP contribution in [0.4, 0.5) is 5.69 Å². The summed E-state index contributed by atoms with van der Waals surface area (Å²) in [7, 11) is 0. The number of carbonyl (C=O) groups is 1. The van der Waals surface area contributed by atoms with Crippen molar-refractivity contribution in [2.24, 2.45) is 0 Å². The smallest absolute Gasteiger partial charge is 0.257 e. The van der Waals surface area contributed by atoms with E-state index in [9.17, 15) is 4.79 Å². The zero-order valence-electron chi connectivity index (χ0n) is 12.4. The van der Waals surface area contributed by atoms with Crippen LogP contribution in [0.25, 0.3) is 11.3 Å². The van der Waals surface area contributed by atoms with Crippen molar-refractivity contribution in [3.63, 3.8) is 0 Å². The van der Waals surface area contributed by atoms with Gasteiger partial charge in [-0.25, -0.2) is 0 Å². The van der Waals surface area contributed by atoms with Crippen molar-refractivity contribution in [2.45, 2.75) is 13.8 Å². The van der Waals surface area contributed by atoms with E-state index in [2.05, 4.69) is 20.5 Å². The van der Waals surface area contributed by atoms with Gasteiger partial charge in [0.2, 0.25) is 0 Å². The number of benzene rings is 1. The van der Waals surface area contributed by atoms with Crippen molar-refractivity contribution in [2.75, 3.05) is 5.32 Å². The number of H-pyrrole nitrogens is 1. The third-order valence-corrected chi connectivity index (χ3v) is 3.40. The van der Waals surface area contributed by atoms with Crippen LogP contribution in [-0.2, 0) is 0 Å². The first-order valence-electron chi connectivity index (χ1n) is 6.99. The summed E-state index contributed by atoms with van der Waals surface area (Å²) in [5, 5.41) is 9.75. The van der Waals surface area contributed by atoms with Gasteiger partial charge in [0.25, 0.3) is 5.91 Å². The summed E-state index contributed by atoms with van der Waals surface area (Å²) in [6, 6.07) is 13.1. The molecule has 2 aromatic heterocycles. The molecule has 1 amide bonds. The lowest BCUT2D eigenvalue weighted by molar-refractivity contribution is 0.102. The minimum absolute atomic E-state index is 0.160. The van der Waals surface area contributed by atoms with Crippen LogP contribution >= 0.6 is 0 Å². The monoisotopic (exact) mass is 292 g/mol. The molecular formula is C17H16N4O. The number of aryl methyl sites for hydroxylation is 2. The number of nitrogens with zero attached hydrogens (tertiary/aromatic N) is 2. The highest BCUT2D eigenvalue weighted by Crippen LogP contribution is 2.21. The Labute approximate surface area is 128 Å². The fourth-order valence-corrected chi connectivity index (χ4v) is 2.31. The Morgan fingerprint density at radius 1 is 1.14 bits per heavy atom. The molecule has 0 atom stereocenters. The van der Waals surface area contributed by atoms with E-state index in [1.54, 1.807) is 12.3 Å². The van der Waals surface area contributed by atoms with Crippen LogP contribution in [0.1, 0.15) is 21.7 Å². The largest absolute Gasteiger partial charge is 0.322 e. The molecule has 2 heterocycles. The van der Waals surface area contributed by atoms with Crippen molar-refractivity contribution < 1.29 is 4.79 Å². The summed E-state index contributed by atoms with van der Waals surface area (Å²) in [5.74, 6) is -0.160. The molecule has 0 saturated heterocycles. The SMILES string of the molecule is Cc1ccc(C(=O)Nc2cccc(-c3ccn[nH]3)c2)c(C)n1. The van der Waals surface area contributed by atoms with Gasteiger partial charge in [0, 0.05) is 23.1 Å². The van der Waals surface area contributed by atoms with E-state index in [0.717, 1.165) is 28.3 Å². The minimum atomic E-state index is -0.160. The molecule has 0 spiro atoms. The molecule has 5 nitrogen and oxygen atoms in total. The number of rotatable bonds is 3. The normalized spacial score (nSPS) is 10.5. The van der Waals surface area contributed by atoms with Gasteiger partial charge in [-0.1, -0.05) is 12.1 Å². The van der Waals surface area contributed by atoms with Crippen molar-refractivity contribution in [3.05, 3.63) is 65.6 Å². The van der Waals surface area contributed by atoms with Crippen molar-refractivity contribution in [1.29, 1.82) is 0 Å². The first kappa shape index (κ1) is 14.0. The summed E-state index contributed by atoms with van der Waals surface area (Å²) in [6.45, 7) is 3.74. The number of nitrogens with one attached hydrogen (secondary N) is 2. The lowest BCUT2D eigenvalue weighted by atomic mass is 10.1. The number of hydrogen-bond donors (Lipinski definition) is 2. The van der Waals surface area contributed by atoms with E-state index < -0.39 is 0 Å². The highest BCUT2D eigenvalue weighted by molar-refractivity contribution is 6.05. The summed E-state index contributed by atoms with van der Waals surface area (Å²) < 4.78 is 0. The molecule has 0 radical (unpaired) electrons. The molecule has 110 valence electrons. The van der Waals surface area contributed by atoms with Crippen LogP contribution in [0.15, 0.2) is 48.7 Å². The Balaban J connectivity index is 1.84. The predicted molar refractivity (Wildman–Crippen MR) is 85.7 cm³/mol. The third kappa shape index (κ3) is 2.88. The summed E-state index contributed by atoms with van der Waals surface area (Å²) in [5.41, 5.74) is 4.81. The van der Waals surface area contributed by atoms with E-state index in [1.807, 2.05) is 50.2 Å². The zero-order valence-corrected chi connectivity index (χ0v) is 12.4. The number of amides is 1. The van der Waals surface area contributed by atoms with Gasteiger partial charge in [-0.3, -0.25) is 14.9 Å². The fraction of sp³-hybridized carbons (Fsp3) is 0.118. The van der Waals surface area contributed by atoms with Gasteiger partial charge in [0.15, 0.2) is 0 Å². The average molecular weight is 292 g/mol. The molecule has 0 saturated carbocycles. The average Bonchev–Trinajstić information content (AvgIpc) is 3.01. The Morgan fingerprint density at radius 2 is 2.00 bits per heavy atom. The van der Waals surface area contributed by atoms with Gasteiger partial charge in [-0.05, 0) is 44.2 Å². The maximum Gasteiger partial charge on any atom is 0.257 e. The number of anilines is 1. The van der Waals surface area contributed by atoms with E-state index >= 15 is 0 Å². The van der Waals surface area contributed by atoms with Crippen molar-refractivity contribution >= 4 is 11.6 Å². The number of pyridine rings is 1. The molecule has 0 aliphatic rings. The number of carbonyl (C=O) groups excluding carboxylic acids is 1. The Bertz CT molecular complexity index is 809. The molecule has 0 fully saturated rings. The minimum Gasteiger partial charge on any atom is -0.322 e. The summed E-state index contributed by atoms with van der Waals surface area (Å²) >= 11 is 0. The highest BCUT2D eigenvalue weighted by Gasteiger charge is 2.11. The number of hydrogen-bond acceptors (Lipinski definition) is 3. The third-order valence-electron chi connectivity index (χ3n) is 3.40. The lowest BCUT2D eigenvalue weighted by Crippen LogP contribution is -2.14. The molecular weight excluding hydrogens is 276 g/mol. The standard InChI is InChI=1S/C17H16N4O/c1-11-6-7-15(12(2)19-11)17(22)20-14-5-3-4-13(10-14)16-8-9-18-21-16/h3-10H,1-2H3,(H,18,21)(H,20,22). The van der Waals surface area contributed by atoms with Gasteiger partial charge in [0.1, 0.15) is 0 Å². The molecule has 3 rings (SSSR count). The Kier molecular flexibility index (Phi) is 3.70. The second kappa shape index (κ2) is 5.81. The van der Waals surface area contributed by atoms with Gasteiger partial charge in [-0.2, -0.15) is 5.10 Å². The zero-order chi connectivity index (χ0) is 15.5. The summed E-state index contributed by atoms with van der Waals surface area (Å²) in [4.78, 5) is 16.7. The molecule has 0 aliphatic heterocycles. The second-order valence-electron chi connectivity index (χ2n) is 5.09. The second-order valence-corrected chi connectivity index (χ2v) is 5.09. The quantitative estimate of drug-likeness (QED) is 0.777. The summed E-state index contributed by atoms with van der Waals surface area (Å²) in [6.07, 6.45) is 1.70. The van der Waals surface area contributed by atoms with Crippen LogP contribution < -0.4 is 5.32 Å². The molecule has 0 aliphatic carbocycles. The molecule has 5 heteroatoms. The molecule has 22 heavy (non-hydrogen) atoms. The molecule has 0 bridgehead atoms. The highest BCUT2D eigenvalue weighted by atomic mass is 16.1.